The first-order valence-corrected chi connectivity index (χ1v) is 6.10. The number of nitriles is 1. The second kappa shape index (κ2) is 7.55. The SMILES string of the molecule is CCC(C)(CCO)NC(=O)CSCC#N. The molecule has 86 valence electrons. The van der Waals surface area contributed by atoms with Crippen LogP contribution in [0.1, 0.15) is 26.7 Å². The number of hydrogen-bond donors (Lipinski definition) is 2. The zero-order valence-corrected chi connectivity index (χ0v) is 10.1. The van der Waals surface area contributed by atoms with Crippen molar-refractivity contribution in [3.63, 3.8) is 0 Å². The molecule has 0 rings (SSSR count). The average molecular weight is 230 g/mol. The highest BCUT2D eigenvalue weighted by Crippen LogP contribution is 2.14. The third kappa shape index (κ3) is 6.37. The van der Waals surface area contributed by atoms with Crippen LogP contribution < -0.4 is 5.32 Å². The molecule has 0 aliphatic carbocycles. The lowest BCUT2D eigenvalue weighted by atomic mass is 9.95. The Bertz CT molecular complexity index is 240. The fourth-order valence-corrected chi connectivity index (χ4v) is 1.59. The number of aliphatic hydroxyl groups is 1. The molecule has 0 radical (unpaired) electrons. The molecular formula is C10H18N2O2S. The van der Waals surface area contributed by atoms with Crippen LogP contribution in [-0.4, -0.2) is 34.7 Å². The fraction of sp³-hybridized carbons (Fsp3) is 0.800. The van der Waals surface area contributed by atoms with Crippen LogP contribution in [0.2, 0.25) is 0 Å². The standard InChI is InChI=1S/C10H18N2O2S/c1-3-10(2,4-6-13)12-9(14)8-15-7-5-11/h13H,3-4,6-8H2,1-2H3,(H,12,14). The van der Waals surface area contributed by atoms with Crippen molar-refractivity contribution in [3.05, 3.63) is 0 Å². The van der Waals surface area contributed by atoms with Gasteiger partial charge in [-0.25, -0.2) is 0 Å². The molecule has 0 aromatic carbocycles. The predicted octanol–water partition coefficient (Wildman–Crippen LogP) is 0.910. The van der Waals surface area contributed by atoms with Gasteiger partial charge >= 0.3 is 0 Å². The van der Waals surface area contributed by atoms with E-state index in [9.17, 15) is 4.79 Å². The summed E-state index contributed by atoms with van der Waals surface area (Å²) in [7, 11) is 0. The van der Waals surface area contributed by atoms with Crippen LogP contribution in [0.25, 0.3) is 0 Å². The molecule has 1 amide bonds. The summed E-state index contributed by atoms with van der Waals surface area (Å²) in [5.74, 6) is 0.554. The van der Waals surface area contributed by atoms with E-state index < -0.39 is 0 Å². The van der Waals surface area contributed by atoms with Gasteiger partial charge in [-0.3, -0.25) is 4.79 Å². The molecule has 15 heavy (non-hydrogen) atoms. The lowest BCUT2D eigenvalue weighted by molar-refractivity contribution is -0.120. The maximum absolute atomic E-state index is 11.4. The summed E-state index contributed by atoms with van der Waals surface area (Å²) in [5, 5.41) is 20.0. The van der Waals surface area contributed by atoms with E-state index in [2.05, 4.69) is 5.32 Å². The second-order valence-electron chi connectivity index (χ2n) is 3.59. The first kappa shape index (κ1) is 14.3. The van der Waals surface area contributed by atoms with Gasteiger partial charge in [0.2, 0.25) is 5.91 Å². The maximum atomic E-state index is 11.4. The van der Waals surface area contributed by atoms with E-state index in [1.54, 1.807) is 0 Å². The molecule has 0 saturated carbocycles. The van der Waals surface area contributed by atoms with Crippen LogP contribution in [0.15, 0.2) is 0 Å². The Kier molecular flexibility index (Phi) is 7.18. The van der Waals surface area contributed by atoms with Gasteiger partial charge < -0.3 is 10.4 Å². The fourth-order valence-electron chi connectivity index (χ4n) is 1.14. The normalized spacial score (nSPS) is 14.0. The minimum Gasteiger partial charge on any atom is -0.396 e. The quantitative estimate of drug-likeness (QED) is 0.638. The summed E-state index contributed by atoms with van der Waals surface area (Å²) in [6.45, 7) is 3.95. The first-order valence-electron chi connectivity index (χ1n) is 4.94. The highest BCUT2D eigenvalue weighted by molar-refractivity contribution is 8.00. The van der Waals surface area contributed by atoms with E-state index >= 15 is 0 Å². The number of amides is 1. The van der Waals surface area contributed by atoms with Crippen LogP contribution in [-0.2, 0) is 4.79 Å². The van der Waals surface area contributed by atoms with Gasteiger partial charge in [-0.15, -0.1) is 11.8 Å². The third-order valence-electron chi connectivity index (χ3n) is 2.28. The Morgan fingerprint density at radius 3 is 2.80 bits per heavy atom. The summed E-state index contributed by atoms with van der Waals surface area (Å²) in [6, 6.07) is 1.97. The number of carbonyl (C=O) groups is 1. The lowest BCUT2D eigenvalue weighted by Crippen LogP contribution is -2.46. The number of nitrogens with zero attached hydrogens (tertiary/aromatic N) is 1. The molecule has 0 aromatic heterocycles. The highest BCUT2D eigenvalue weighted by atomic mass is 32.2. The van der Waals surface area contributed by atoms with Gasteiger partial charge in [-0.1, -0.05) is 6.92 Å². The number of carbonyl (C=O) groups excluding carboxylic acids is 1. The van der Waals surface area contributed by atoms with Crippen molar-refractivity contribution in [2.75, 3.05) is 18.1 Å². The van der Waals surface area contributed by atoms with Crippen molar-refractivity contribution < 1.29 is 9.90 Å². The van der Waals surface area contributed by atoms with E-state index in [0.29, 0.717) is 17.9 Å². The maximum Gasteiger partial charge on any atom is 0.230 e. The topological polar surface area (TPSA) is 73.1 Å². The van der Waals surface area contributed by atoms with Crippen molar-refractivity contribution in [2.24, 2.45) is 0 Å². The molecule has 0 aromatic rings. The second-order valence-corrected chi connectivity index (χ2v) is 4.57. The molecule has 0 spiro atoms. The van der Waals surface area contributed by atoms with Gasteiger partial charge in [0, 0.05) is 12.1 Å². The van der Waals surface area contributed by atoms with Crippen molar-refractivity contribution >= 4 is 17.7 Å². The van der Waals surface area contributed by atoms with Crippen molar-refractivity contribution in [1.82, 2.24) is 5.32 Å². The smallest absolute Gasteiger partial charge is 0.230 e. The largest absolute Gasteiger partial charge is 0.396 e. The molecule has 0 saturated heterocycles. The van der Waals surface area contributed by atoms with E-state index in [4.69, 9.17) is 10.4 Å². The average Bonchev–Trinajstić information content (AvgIpc) is 2.18. The summed E-state index contributed by atoms with van der Waals surface area (Å²) in [5.41, 5.74) is -0.334. The summed E-state index contributed by atoms with van der Waals surface area (Å²) in [4.78, 5) is 11.4. The van der Waals surface area contributed by atoms with Crippen LogP contribution in [0.4, 0.5) is 0 Å². The molecule has 5 heteroatoms. The highest BCUT2D eigenvalue weighted by Gasteiger charge is 2.23. The lowest BCUT2D eigenvalue weighted by Gasteiger charge is -2.28. The molecular weight excluding hydrogens is 212 g/mol. The first-order chi connectivity index (χ1) is 7.08. The molecule has 1 unspecified atom stereocenters. The molecule has 0 heterocycles. The van der Waals surface area contributed by atoms with Crippen LogP contribution in [0.5, 0.6) is 0 Å². The number of hydrogen-bond acceptors (Lipinski definition) is 4. The molecule has 0 aliphatic heterocycles. The van der Waals surface area contributed by atoms with Crippen LogP contribution in [0.3, 0.4) is 0 Å². The molecule has 4 nitrogen and oxygen atoms in total. The Balaban J connectivity index is 3.96. The van der Waals surface area contributed by atoms with Crippen molar-refractivity contribution in [2.45, 2.75) is 32.2 Å². The van der Waals surface area contributed by atoms with Gasteiger partial charge in [-0.05, 0) is 19.8 Å². The predicted molar refractivity (Wildman–Crippen MR) is 61.5 cm³/mol. The molecule has 0 fully saturated rings. The number of thioether (sulfide) groups is 1. The summed E-state index contributed by atoms with van der Waals surface area (Å²) >= 11 is 1.29. The zero-order valence-electron chi connectivity index (χ0n) is 9.25. The Hall–Kier alpha value is -0.730. The van der Waals surface area contributed by atoms with Crippen LogP contribution in [0, 0.1) is 11.3 Å². The molecule has 0 aliphatic rings. The number of aliphatic hydroxyl groups excluding tert-OH is 1. The summed E-state index contributed by atoms with van der Waals surface area (Å²) < 4.78 is 0. The van der Waals surface area contributed by atoms with E-state index in [1.807, 2.05) is 19.9 Å². The Morgan fingerprint density at radius 1 is 1.67 bits per heavy atom. The van der Waals surface area contributed by atoms with Gasteiger partial charge in [0.1, 0.15) is 0 Å². The van der Waals surface area contributed by atoms with Crippen molar-refractivity contribution in [3.8, 4) is 6.07 Å². The summed E-state index contributed by atoms with van der Waals surface area (Å²) in [6.07, 6.45) is 1.33. The van der Waals surface area contributed by atoms with Gasteiger partial charge in [0.05, 0.1) is 17.6 Å². The van der Waals surface area contributed by atoms with Gasteiger partial charge in [0.15, 0.2) is 0 Å². The van der Waals surface area contributed by atoms with E-state index in [0.717, 1.165) is 6.42 Å². The minimum absolute atomic E-state index is 0.0654. The van der Waals surface area contributed by atoms with E-state index in [1.165, 1.54) is 11.8 Å². The minimum atomic E-state index is -0.334. The number of rotatable bonds is 7. The van der Waals surface area contributed by atoms with Gasteiger partial charge in [0.25, 0.3) is 0 Å². The third-order valence-corrected chi connectivity index (χ3v) is 3.08. The van der Waals surface area contributed by atoms with E-state index in [-0.39, 0.29) is 18.1 Å². The number of nitrogens with one attached hydrogen (secondary N) is 1. The Morgan fingerprint density at radius 2 is 2.33 bits per heavy atom. The molecule has 0 bridgehead atoms. The van der Waals surface area contributed by atoms with Crippen LogP contribution >= 0.6 is 11.8 Å². The Labute approximate surface area is 95.0 Å². The molecule has 1 atom stereocenters. The molecule has 2 N–H and O–H groups in total. The van der Waals surface area contributed by atoms with Gasteiger partial charge in [-0.2, -0.15) is 5.26 Å². The van der Waals surface area contributed by atoms with Crippen molar-refractivity contribution in [1.29, 1.82) is 5.26 Å². The monoisotopic (exact) mass is 230 g/mol. The zero-order chi connectivity index (χ0) is 11.7.